The minimum absolute atomic E-state index is 0.186. The fourth-order valence-electron chi connectivity index (χ4n) is 2.54. The lowest BCUT2D eigenvalue weighted by Crippen LogP contribution is -2.18. The van der Waals surface area contributed by atoms with E-state index >= 15 is 0 Å². The van der Waals surface area contributed by atoms with Gasteiger partial charge in [-0.25, -0.2) is 4.39 Å². The summed E-state index contributed by atoms with van der Waals surface area (Å²) >= 11 is 0. The smallest absolute Gasteiger partial charge is 0.255 e. The van der Waals surface area contributed by atoms with E-state index in [1.54, 1.807) is 12.1 Å². The van der Waals surface area contributed by atoms with Gasteiger partial charge in [0.1, 0.15) is 5.82 Å². The Labute approximate surface area is 123 Å². The zero-order chi connectivity index (χ0) is 14.7. The van der Waals surface area contributed by atoms with Crippen LogP contribution < -0.4 is 10.2 Å². The number of halogens is 1. The first-order valence-electron chi connectivity index (χ1n) is 7.14. The standard InChI is InChI=1S/C17H17FN2O/c18-14-5-7-15(8-6-14)19-17(21)13-3-9-16(10-4-13)20-11-1-2-12-20/h3-10H,1-2,11-12H2,(H,19,21). The maximum atomic E-state index is 12.8. The Hall–Kier alpha value is -2.36. The Balaban J connectivity index is 1.68. The first-order valence-corrected chi connectivity index (χ1v) is 7.14. The van der Waals surface area contributed by atoms with Crippen molar-refractivity contribution in [2.75, 3.05) is 23.3 Å². The summed E-state index contributed by atoms with van der Waals surface area (Å²) < 4.78 is 12.8. The molecule has 2 aromatic rings. The van der Waals surface area contributed by atoms with Gasteiger partial charge in [0.15, 0.2) is 0 Å². The molecule has 108 valence electrons. The van der Waals surface area contributed by atoms with Crippen LogP contribution in [-0.2, 0) is 0 Å². The number of amides is 1. The highest BCUT2D eigenvalue weighted by atomic mass is 19.1. The number of carbonyl (C=O) groups excluding carboxylic acids is 1. The number of nitrogens with zero attached hydrogens (tertiary/aromatic N) is 1. The van der Waals surface area contributed by atoms with Gasteiger partial charge in [-0.05, 0) is 61.4 Å². The normalized spacial score (nSPS) is 14.2. The number of rotatable bonds is 3. The second-order valence-electron chi connectivity index (χ2n) is 5.20. The summed E-state index contributed by atoms with van der Waals surface area (Å²) in [4.78, 5) is 14.4. The lowest BCUT2D eigenvalue weighted by atomic mass is 10.1. The lowest BCUT2D eigenvalue weighted by molar-refractivity contribution is 0.102. The van der Waals surface area contributed by atoms with Gasteiger partial charge < -0.3 is 10.2 Å². The topological polar surface area (TPSA) is 32.3 Å². The minimum atomic E-state index is -0.317. The van der Waals surface area contributed by atoms with Crippen molar-refractivity contribution in [1.82, 2.24) is 0 Å². The van der Waals surface area contributed by atoms with Gasteiger partial charge >= 0.3 is 0 Å². The average molecular weight is 284 g/mol. The predicted octanol–water partition coefficient (Wildman–Crippen LogP) is 3.68. The molecule has 1 amide bonds. The van der Waals surface area contributed by atoms with Gasteiger partial charge in [-0.3, -0.25) is 4.79 Å². The Morgan fingerprint density at radius 1 is 0.952 bits per heavy atom. The van der Waals surface area contributed by atoms with E-state index in [2.05, 4.69) is 10.2 Å². The van der Waals surface area contributed by atoms with Gasteiger partial charge in [0, 0.05) is 30.0 Å². The molecule has 1 aliphatic rings. The van der Waals surface area contributed by atoms with Crippen LogP contribution >= 0.6 is 0 Å². The third-order valence-electron chi connectivity index (χ3n) is 3.70. The van der Waals surface area contributed by atoms with Gasteiger partial charge in [-0.2, -0.15) is 0 Å². The number of benzene rings is 2. The van der Waals surface area contributed by atoms with Crippen LogP contribution in [0.15, 0.2) is 48.5 Å². The highest BCUT2D eigenvalue weighted by molar-refractivity contribution is 6.04. The van der Waals surface area contributed by atoms with Gasteiger partial charge in [0.05, 0.1) is 0 Å². The zero-order valence-corrected chi connectivity index (χ0v) is 11.7. The van der Waals surface area contributed by atoms with E-state index in [1.165, 1.54) is 25.0 Å². The quantitative estimate of drug-likeness (QED) is 0.932. The molecule has 1 saturated heterocycles. The van der Waals surface area contributed by atoms with Crippen LogP contribution in [0.4, 0.5) is 15.8 Å². The largest absolute Gasteiger partial charge is 0.372 e. The molecule has 0 spiro atoms. The van der Waals surface area contributed by atoms with E-state index < -0.39 is 0 Å². The number of hydrogen-bond acceptors (Lipinski definition) is 2. The molecule has 1 fully saturated rings. The van der Waals surface area contributed by atoms with Crippen molar-refractivity contribution in [3.63, 3.8) is 0 Å². The van der Waals surface area contributed by atoms with Gasteiger partial charge in [0.25, 0.3) is 5.91 Å². The van der Waals surface area contributed by atoms with Crippen molar-refractivity contribution in [3.05, 3.63) is 59.9 Å². The maximum absolute atomic E-state index is 12.8. The summed E-state index contributed by atoms with van der Waals surface area (Å²) in [6.45, 7) is 2.17. The molecule has 2 aromatic carbocycles. The molecule has 0 aromatic heterocycles. The first-order chi connectivity index (χ1) is 10.2. The van der Waals surface area contributed by atoms with E-state index in [-0.39, 0.29) is 11.7 Å². The summed E-state index contributed by atoms with van der Waals surface area (Å²) in [5.74, 6) is -0.502. The summed E-state index contributed by atoms with van der Waals surface area (Å²) in [6.07, 6.45) is 2.46. The van der Waals surface area contributed by atoms with Crippen molar-refractivity contribution >= 4 is 17.3 Å². The number of nitrogens with one attached hydrogen (secondary N) is 1. The Morgan fingerprint density at radius 3 is 2.19 bits per heavy atom. The van der Waals surface area contributed by atoms with E-state index in [0.29, 0.717) is 11.3 Å². The summed E-state index contributed by atoms with van der Waals surface area (Å²) in [7, 11) is 0. The zero-order valence-electron chi connectivity index (χ0n) is 11.7. The molecular formula is C17H17FN2O. The first kappa shape index (κ1) is 13.6. The van der Waals surface area contributed by atoms with Crippen LogP contribution in [0.5, 0.6) is 0 Å². The molecule has 1 aliphatic heterocycles. The minimum Gasteiger partial charge on any atom is -0.372 e. The van der Waals surface area contributed by atoms with Gasteiger partial charge in [0.2, 0.25) is 0 Å². The fraction of sp³-hybridized carbons (Fsp3) is 0.235. The molecule has 0 atom stereocenters. The van der Waals surface area contributed by atoms with Gasteiger partial charge in [-0.15, -0.1) is 0 Å². The van der Waals surface area contributed by atoms with Crippen LogP contribution in [0, 0.1) is 5.82 Å². The van der Waals surface area contributed by atoms with Crippen molar-refractivity contribution in [3.8, 4) is 0 Å². The Kier molecular flexibility index (Phi) is 3.86. The molecule has 21 heavy (non-hydrogen) atoms. The second kappa shape index (κ2) is 5.95. The fourth-order valence-corrected chi connectivity index (χ4v) is 2.54. The Bertz CT molecular complexity index is 616. The van der Waals surface area contributed by atoms with Crippen molar-refractivity contribution < 1.29 is 9.18 Å². The van der Waals surface area contributed by atoms with Crippen LogP contribution in [0.2, 0.25) is 0 Å². The molecule has 1 N–H and O–H groups in total. The second-order valence-corrected chi connectivity index (χ2v) is 5.20. The average Bonchev–Trinajstić information content (AvgIpc) is 3.04. The molecule has 0 unspecified atom stereocenters. The lowest BCUT2D eigenvalue weighted by Gasteiger charge is -2.17. The van der Waals surface area contributed by atoms with E-state index in [9.17, 15) is 9.18 Å². The maximum Gasteiger partial charge on any atom is 0.255 e. The molecule has 0 bridgehead atoms. The number of carbonyl (C=O) groups is 1. The SMILES string of the molecule is O=C(Nc1ccc(F)cc1)c1ccc(N2CCCC2)cc1. The molecule has 0 radical (unpaired) electrons. The molecule has 0 saturated carbocycles. The Morgan fingerprint density at radius 2 is 1.57 bits per heavy atom. The van der Waals surface area contributed by atoms with E-state index in [1.807, 2.05) is 24.3 Å². The third-order valence-corrected chi connectivity index (χ3v) is 3.70. The monoisotopic (exact) mass is 284 g/mol. The predicted molar refractivity (Wildman–Crippen MR) is 82.2 cm³/mol. The highest BCUT2D eigenvalue weighted by Crippen LogP contribution is 2.21. The molecule has 3 nitrogen and oxygen atoms in total. The van der Waals surface area contributed by atoms with Crippen LogP contribution in [0.25, 0.3) is 0 Å². The number of hydrogen-bond donors (Lipinski definition) is 1. The number of anilines is 2. The van der Waals surface area contributed by atoms with E-state index in [0.717, 1.165) is 18.8 Å². The van der Waals surface area contributed by atoms with Gasteiger partial charge in [-0.1, -0.05) is 0 Å². The summed E-state index contributed by atoms with van der Waals surface area (Å²) in [5.41, 5.74) is 2.35. The molecule has 0 aliphatic carbocycles. The molecule has 1 heterocycles. The molecule has 4 heteroatoms. The van der Waals surface area contributed by atoms with Crippen LogP contribution in [-0.4, -0.2) is 19.0 Å². The highest BCUT2D eigenvalue weighted by Gasteiger charge is 2.13. The molecule has 3 rings (SSSR count). The summed E-state index contributed by atoms with van der Waals surface area (Å²) in [5, 5.41) is 2.76. The van der Waals surface area contributed by atoms with Crippen LogP contribution in [0.1, 0.15) is 23.2 Å². The van der Waals surface area contributed by atoms with Crippen molar-refractivity contribution in [1.29, 1.82) is 0 Å². The summed E-state index contributed by atoms with van der Waals surface area (Å²) in [6, 6.07) is 13.4. The van der Waals surface area contributed by atoms with Crippen molar-refractivity contribution in [2.45, 2.75) is 12.8 Å². The molecular weight excluding hydrogens is 267 g/mol. The third kappa shape index (κ3) is 3.21. The van der Waals surface area contributed by atoms with Crippen LogP contribution in [0.3, 0.4) is 0 Å². The van der Waals surface area contributed by atoms with Crippen molar-refractivity contribution in [2.24, 2.45) is 0 Å². The van der Waals surface area contributed by atoms with E-state index in [4.69, 9.17) is 0 Å².